The predicted molar refractivity (Wildman–Crippen MR) is 134 cm³/mol. The number of guanidine groups is 1. The molecule has 0 aliphatic carbocycles. The summed E-state index contributed by atoms with van der Waals surface area (Å²) in [6, 6.07) is 16.2. The molecule has 1 heterocycles. The molecule has 7 heteroatoms. The molecule has 30 heavy (non-hydrogen) atoms. The van der Waals surface area contributed by atoms with E-state index in [1.807, 2.05) is 36.4 Å². The van der Waals surface area contributed by atoms with Crippen LogP contribution in [0.25, 0.3) is 0 Å². The van der Waals surface area contributed by atoms with Crippen molar-refractivity contribution < 1.29 is 9.47 Å². The molecular weight excluding hydrogens is 513 g/mol. The van der Waals surface area contributed by atoms with Gasteiger partial charge in [0.05, 0.1) is 13.7 Å². The van der Waals surface area contributed by atoms with Crippen molar-refractivity contribution >= 4 is 41.5 Å². The summed E-state index contributed by atoms with van der Waals surface area (Å²) in [6.07, 6.45) is 1.95. The zero-order chi connectivity index (χ0) is 20.5. The number of halogens is 2. The third kappa shape index (κ3) is 6.75. The molecule has 164 valence electrons. The standard InChI is InChI=1S/C23H30ClN3O2.HI/c1-3-25-22(26-16-18-4-8-20(24)9-5-18)27-17-23(12-14-29-15-13-23)19-6-10-21(28-2)11-7-19;/h4-11H,3,12-17H2,1-2H3,(H2,25,26,27);1H. The van der Waals surface area contributed by atoms with Gasteiger partial charge in [-0.1, -0.05) is 35.9 Å². The Morgan fingerprint density at radius 1 is 1.07 bits per heavy atom. The number of ether oxygens (including phenoxy) is 2. The third-order valence-corrected chi connectivity index (χ3v) is 5.68. The second kappa shape index (κ2) is 12.4. The molecule has 2 aromatic rings. The molecule has 0 bridgehead atoms. The van der Waals surface area contributed by atoms with Gasteiger partial charge < -0.3 is 20.1 Å². The summed E-state index contributed by atoms with van der Waals surface area (Å²) < 4.78 is 11.0. The molecule has 0 aromatic heterocycles. The van der Waals surface area contributed by atoms with Crippen LogP contribution in [0.1, 0.15) is 30.9 Å². The highest BCUT2D eigenvalue weighted by atomic mass is 127. The van der Waals surface area contributed by atoms with E-state index in [1.54, 1.807) is 7.11 Å². The molecule has 1 aliphatic heterocycles. The highest BCUT2D eigenvalue weighted by molar-refractivity contribution is 14.0. The molecule has 1 aliphatic rings. The van der Waals surface area contributed by atoms with Gasteiger partial charge in [0.15, 0.2) is 5.96 Å². The highest BCUT2D eigenvalue weighted by Crippen LogP contribution is 2.35. The topological polar surface area (TPSA) is 54.9 Å². The average Bonchev–Trinajstić information content (AvgIpc) is 2.77. The van der Waals surface area contributed by atoms with Crippen molar-refractivity contribution in [1.82, 2.24) is 10.6 Å². The normalized spacial score (nSPS) is 15.8. The first-order chi connectivity index (χ1) is 14.1. The molecule has 0 amide bonds. The molecule has 0 radical (unpaired) electrons. The SMILES string of the molecule is CCNC(=NCc1ccc(Cl)cc1)NCC1(c2ccc(OC)cc2)CCOCC1.I. The minimum atomic E-state index is 0. The van der Waals surface area contributed by atoms with E-state index < -0.39 is 0 Å². The maximum atomic E-state index is 5.97. The van der Waals surface area contributed by atoms with Crippen molar-refractivity contribution in [3.63, 3.8) is 0 Å². The number of methoxy groups -OCH3 is 1. The van der Waals surface area contributed by atoms with E-state index >= 15 is 0 Å². The molecular formula is C23H31ClIN3O2. The molecule has 0 atom stereocenters. The lowest BCUT2D eigenvalue weighted by atomic mass is 9.74. The van der Waals surface area contributed by atoms with Crippen molar-refractivity contribution in [2.75, 3.05) is 33.4 Å². The second-order valence-electron chi connectivity index (χ2n) is 7.30. The second-order valence-corrected chi connectivity index (χ2v) is 7.73. The largest absolute Gasteiger partial charge is 0.497 e. The number of hydrogen-bond acceptors (Lipinski definition) is 3. The molecule has 1 saturated heterocycles. The van der Waals surface area contributed by atoms with E-state index in [9.17, 15) is 0 Å². The quantitative estimate of drug-likeness (QED) is 0.300. The fourth-order valence-electron chi connectivity index (χ4n) is 3.63. The maximum absolute atomic E-state index is 5.97. The minimum absolute atomic E-state index is 0. The average molecular weight is 544 g/mol. The van der Waals surface area contributed by atoms with Crippen LogP contribution in [0, 0.1) is 0 Å². The molecule has 0 saturated carbocycles. The molecule has 0 unspecified atom stereocenters. The van der Waals surface area contributed by atoms with E-state index in [2.05, 4.69) is 29.7 Å². The molecule has 0 spiro atoms. The summed E-state index contributed by atoms with van der Waals surface area (Å²) in [6.45, 7) is 5.83. The van der Waals surface area contributed by atoms with Crippen LogP contribution in [0.4, 0.5) is 0 Å². The van der Waals surface area contributed by atoms with Gasteiger partial charge >= 0.3 is 0 Å². The van der Waals surface area contributed by atoms with Gasteiger partial charge in [0.2, 0.25) is 0 Å². The number of nitrogens with one attached hydrogen (secondary N) is 2. The number of nitrogens with zero attached hydrogens (tertiary/aromatic N) is 1. The van der Waals surface area contributed by atoms with E-state index in [-0.39, 0.29) is 29.4 Å². The number of rotatable bonds is 7. The summed E-state index contributed by atoms with van der Waals surface area (Å²) >= 11 is 5.97. The Labute approximate surface area is 201 Å². The fourth-order valence-corrected chi connectivity index (χ4v) is 3.76. The first kappa shape index (κ1) is 24.8. The van der Waals surface area contributed by atoms with Crippen molar-refractivity contribution in [2.45, 2.75) is 31.7 Å². The summed E-state index contributed by atoms with van der Waals surface area (Å²) in [4.78, 5) is 4.75. The Bertz CT molecular complexity index is 791. The van der Waals surface area contributed by atoms with Gasteiger partial charge in [-0.3, -0.25) is 0 Å². The number of aliphatic imine (C=N–C) groups is 1. The van der Waals surface area contributed by atoms with Gasteiger partial charge in [0.25, 0.3) is 0 Å². The van der Waals surface area contributed by atoms with Crippen molar-refractivity contribution in [2.24, 2.45) is 4.99 Å². The van der Waals surface area contributed by atoms with Crippen molar-refractivity contribution in [3.05, 3.63) is 64.7 Å². The summed E-state index contributed by atoms with van der Waals surface area (Å²) in [5, 5.41) is 7.66. The van der Waals surface area contributed by atoms with Crippen LogP contribution in [0.3, 0.4) is 0 Å². The van der Waals surface area contributed by atoms with E-state index in [1.165, 1.54) is 5.56 Å². The smallest absolute Gasteiger partial charge is 0.191 e. The molecule has 2 aromatic carbocycles. The van der Waals surface area contributed by atoms with Gasteiger partial charge in [-0.2, -0.15) is 0 Å². The van der Waals surface area contributed by atoms with Crippen molar-refractivity contribution in [1.29, 1.82) is 0 Å². The Morgan fingerprint density at radius 2 is 1.73 bits per heavy atom. The number of benzene rings is 2. The Hall–Kier alpha value is -1.51. The van der Waals surface area contributed by atoms with E-state index in [0.717, 1.165) is 61.4 Å². The lowest BCUT2D eigenvalue weighted by Gasteiger charge is -2.38. The van der Waals surface area contributed by atoms with Crippen LogP contribution in [-0.4, -0.2) is 39.4 Å². The van der Waals surface area contributed by atoms with Crippen molar-refractivity contribution in [3.8, 4) is 5.75 Å². The molecule has 2 N–H and O–H groups in total. The Balaban J connectivity index is 0.00000320. The molecule has 3 rings (SSSR count). The predicted octanol–water partition coefficient (Wildman–Crippen LogP) is 4.77. The van der Waals surface area contributed by atoms with Crippen LogP contribution in [0.15, 0.2) is 53.5 Å². The van der Waals surface area contributed by atoms with Crippen LogP contribution in [0.5, 0.6) is 5.75 Å². The summed E-state index contributed by atoms with van der Waals surface area (Å²) in [5.41, 5.74) is 2.45. The zero-order valence-corrected chi connectivity index (χ0v) is 20.7. The number of hydrogen-bond donors (Lipinski definition) is 2. The highest BCUT2D eigenvalue weighted by Gasteiger charge is 2.34. The maximum Gasteiger partial charge on any atom is 0.191 e. The van der Waals surface area contributed by atoms with Gasteiger partial charge in [-0.15, -0.1) is 24.0 Å². The lowest BCUT2D eigenvalue weighted by Crippen LogP contribution is -2.48. The van der Waals surface area contributed by atoms with Gasteiger partial charge in [0.1, 0.15) is 5.75 Å². The van der Waals surface area contributed by atoms with Gasteiger partial charge in [0, 0.05) is 36.7 Å². The van der Waals surface area contributed by atoms with E-state index in [0.29, 0.717) is 6.54 Å². The molecule has 5 nitrogen and oxygen atoms in total. The van der Waals surface area contributed by atoms with Crippen LogP contribution < -0.4 is 15.4 Å². The van der Waals surface area contributed by atoms with Gasteiger partial charge in [-0.25, -0.2) is 4.99 Å². The van der Waals surface area contributed by atoms with Crippen LogP contribution >= 0.6 is 35.6 Å². The monoisotopic (exact) mass is 543 g/mol. The fraction of sp³-hybridized carbons (Fsp3) is 0.435. The van der Waals surface area contributed by atoms with E-state index in [4.69, 9.17) is 26.1 Å². The summed E-state index contributed by atoms with van der Waals surface area (Å²) in [5.74, 6) is 1.70. The Kier molecular flexibility index (Phi) is 10.2. The van der Waals surface area contributed by atoms with Crippen LogP contribution in [0.2, 0.25) is 5.02 Å². The van der Waals surface area contributed by atoms with Crippen LogP contribution in [-0.2, 0) is 16.7 Å². The first-order valence-corrected chi connectivity index (χ1v) is 10.5. The van der Waals surface area contributed by atoms with Gasteiger partial charge in [-0.05, 0) is 55.2 Å². The minimum Gasteiger partial charge on any atom is -0.497 e. The summed E-state index contributed by atoms with van der Waals surface area (Å²) in [7, 11) is 1.70. The zero-order valence-electron chi connectivity index (χ0n) is 17.6. The lowest BCUT2D eigenvalue weighted by molar-refractivity contribution is 0.0513. The molecule has 1 fully saturated rings. The first-order valence-electron chi connectivity index (χ1n) is 10.1. The Morgan fingerprint density at radius 3 is 2.33 bits per heavy atom. The third-order valence-electron chi connectivity index (χ3n) is 5.42.